The van der Waals surface area contributed by atoms with E-state index in [1.807, 2.05) is 25.1 Å². The molecule has 33 heavy (non-hydrogen) atoms. The van der Waals surface area contributed by atoms with Crippen molar-refractivity contribution in [2.75, 3.05) is 27.2 Å². The second-order valence-corrected chi connectivity index (χ2v) is 8.15. The van der Waals surface area contributed by atoms with E-state index < -0.39 is 28.4 Å². The van der Waals surface area contributed by atoms with Crippen molar-refractivity contribution in [3.63, 3.8) is 0 Å². The smallest absolute Gasteiger partial charge is 0.290 e. The van der Waals surface area contributed by atoms with E-state index in [4.69, 9.17) is 4.42 Å². The van der Waals surface area contributed by atoms with E-state index in [9.17, 15) is 24.8 Å². The maximum absolute atomic E-state index is 13.5. The van der Waals surface area contributed by atoms with Crippen molar-refractivity contribution in [1.29, 1.82) is 0 Å². The molecule has 0 saturated heterocycles. The van der Waals surface area contributed by atoms with Crippen LogP contribution in [-0.2, 0) is 4.79 Å². The number of para-hydroxylation sites is 1. The molecule has 0 saturated carbocycles. The first kappa shape index (κ1) is 22.2. The molecule has 9 nitrogen and oxygen atoms in total. The lowest BCUT2D eigenvalue weighted by molar-refractivity contribution is -0.384. The molecule has 1 aliphatic heterocycles. The van der Waals surface area contributed by atoms with Gasteiger partial charge >= 0.3 is 0 Å². The zero-order valence-corrected chi connectivity index (χ0v) is 18.2. The Morgan fingerprint density at radius 2 is 1.88 bits per heavy atom. The number of rotatable bonds is 8. The first-order chi connectivity index (χ1) is 15.8. The van der Waals surface area contributed by atoms with Crippen molar-refractivity contribution in [1.82, 2.24) is 9.80 Å². The summed E-state index contributed by atoms with van der Waals surface area (Å²) in [4.78, 5) is 40.4. The Labute approximate surface area is 189 Å². The minimum atomic E-state index is -0.888. The summed E-state index contributed by atoms with van der Waals surface area (Å²) in [7, 11) is 3.82. The zero-order chi connectivity index (χ0) is 23.7. The average molecular weight is 449 g/mol. The van der Waals surface area contributed by atoms with Gasteiger partial charge in [0.2, 0.25) is 5.78 Å². The van der Waals surface area contributed by atoms with Gasteiger partial charge in [-0.1, -0.05) is 18.2 Å². The maximum Gasteiger partial charge on any atom is 0.290 e. The maximum atomic E-state index is 13.5. The average Bonchev–Trinajstić information content (AvgIpc) is 3.33. The third kappa shape index (κ3) is 4.22. The molecule has 1 N–H and O–H groups in total. The molecule has 0 fully saturated rings. The summed E-state index contributed by atoms with van der Waals surface area (Å²) in [6.07, 6.45) is 0.613. The Bertz CT molecular complexity index is 1230. The summed E-state index contributed by atoms with van der Waals surface area (Å²) in [5.74, 6) is -1.88. The first-order valence-corrected chi connectivity index (χ1v) is 10.4. The van der Waals surface area contributed by atoms with Crippen LogP contribution in [0, 0.1) is 10.1 Å². The lowest BCUT2D eigenvalue weighted by atomic mass is 9.94. The molecule has 2 aromatic carbocycles. The molecule has 170 valence electrons. The number of aliphatic hydroxyl groups is 1. The zero-order valence-electron chi connectivity index (χ0n) is 18.2. The molecular formula is C24H23N3O6. The SMILES string of the molecule is CN(C)CCCN1C(=O)C(O)=C(C(=O)c2cc3ccccc3o2)[C@@H]1c1ccc([N+](=O)[O-])cc1. The number of Topliss-reactive ketones (excluding diaryl/α,β-unsaturated/α-hetero) is 1. The molecule has 1 atom stereocenters. The van der Waals surface area contributed by atoms with Crippen LogP contribution in [0.15, 0.2) is 70.3 Å². The van der Waals surface area contributed by atoms with E-state index in [1.54, 1.807) is 24.3 Å². The number of aliphatic hydroxyl groups excluding tert-OH is 1. The lowest BCUT2D eigenvalue weighted by Gasteiger charge is -2.27. The second kappa shape index (κ2) is 8.87. The second-order valence-electron chi connectivity index (χ2n) is 8.15. The summed E-state index contributed by atoms with van der Waals surface area (Å²) in [5, 5.41) is 22.5. The van der Waals surface area contributed by atoms with Gasteiger partial charge in [-0.15, -0.1) is 0 Å². The van der Waals surface area contributed by atoms with Gasteiger partial charge in [0.05, 0.1) is 16.5 Å². The fraction of sp³-hybridized carbons (Fsp3) is 0.250. The van der Waals surface area contributed by atoms with Crippen LogP contribution in [0.4, 0.5) is 5.69 Å². The van der Waals surface area contributed by atoms with E-state index in [-0.39, 0.29) is 17.0 Å². The van der Waals surface area contributed by atoms with Crippen LogP contribution in [0.3, 0.4) is 0 Å². The van der Waals surface area contributed by atoms with Crippen molar-refractivity contribution >= 4 is 28.3 Å². The molecule has 0 aliphatic carbocycles. The summed E-state index contributed by atoms with van der Waals surface area (Å²) in [5.41, 5.74) is 0.792. The van der Waals surface area contributed by atoms with Crippen LogP contribution in [0.5, 0.6) is 0 Å². The largest absolute Gasteiger partial charge is 0.503 e. The third-order valence-corrected chi connectivity index (χ3v) is 5.62. The number of ketones is 1. The molecule has 9 heteroatoms. The Hall–Kier alpha value is -3.98. The number of hydrogen-bond donors (Lipinski definition) is 1. The highest BCUT2D eigenvalue weighted by Crippen LogP contribution is 2.40. The number of nitro groups is 1. The van der Waals surface area contributed by atoms with Crippen molar-refractivity contribution in [2.45, 2.75) is 12.5 Å². The number of carbonyl (C=O) groups excluding carboxylic acids is 2. The summed E-state index contributed by atoms with van der Waals surface area (Å²) in [6, 6.07) is 13.4. The van der Waals surface area contributed by atoms with Gasteiger partial charge in [-0.3, -0.25) is 19.7 Å². The predicted molar refractivity (Wildman–Crippen MR) is 121 cm³/mol. The number of furan rings is 1. The molecule has 0 unspecified atom stereocenters. The van der Waals surface area contributed by atoms with Crippen LogP contribution in [0.1, 0.15) is 28.6 Å². The van der Waals surface area contributed by atoms with Gasteiger partial charge in [-0.25, -0.2) is 0 Å². The molecule has 0 spiro atoms. The van der Waals surface area contributed by atoms with Crippen molar-refractivity contribution in [2.24, 2.45) is 0 Å². The topological polar surface area (TPSA) is 117 Å². The number of non-ortho nitro benzene ring substituents is 1. The quantitative estimate of drug-likeness (QED) is 0.315. The van der Waals surface area contributed by atoms with Gasteiger partial charge < -0.3 is 19.3 Å². The summed E-state index contributed by atoms with van der Waals surface area (Å²) < 4.78 is 5.69. The summed E-state index contributed by atoms with van der Waals surface area (Å²) in [6.45, 7) is 0.990. The molecule has 1 amide bonds. The van der Waals surface area contributed by atoms with E-state index in [0.29, 0.717) is 30.7 Å². The Morgan fingerprint density at radius 3 is 2.52 bits per heavy atom. The summed E-state index contributed by atoms with van der Waals surface area (Å²) >= 11 is 0. The fourth-order valence-corrected chi connectivity index (χ4v) is 4.02. The molecule has 1 aliphatic rings. The van der Waals surface area contributed by atoms with Gasteiger partial charge in [0.15, 0.2) is 11.5 Å². The van der Waals surface area contributed by atoms with Gasteiger partial charge in [0.25, 0.3) is 11.6 Å². The third-order valence-electron chi connectivity index (χ3n) is 5.62. The molecule has 0 bridgehead atoms. The number of nitro benzene ring substituents is 1. The monoisotopic (exact) mass is 449 g/mol. The van der Waals surface area contributed by atoms with E-state index in [0.717, 1.165) is 5.39 Å². The number of nitrogens with zero attached hydrogens (tertiary/aromatic N) is 3. The number of fused-ring (bicyclic) bond motifs is 1. The highest BCUT2D eigenvalue weighted by Gasteiger charge is 2.44. The predicted octanol–water partition coefficient (Wildman–Crippen LogP) is 3.87. The molecule has 1 aromatic heterocycles. The van der Waals surface area contributed by atoms with Crippen LogP contribution >= 0.6 is 0 Å². The Morgan fingerprint density at radius 1 is 1.18 bits per heavy atom. The Kier molecular flexibility index (Phi) is 5.97. The Balaban J connectivity index is 1.75. The molecular weight excluding hydrogens is 426 g/mol. The van der Waals surface area contributed by atoms with Crippen LogP contribution in [0.25, 0.3) is 11.0 Å². The van der Waals surface area contributed by atoms with Gasteiger partial charge in [-0.05, 0) is 56.9 Å². The van der Waals surface area contributed by atoms with Crippen LogP contribution < -0.4 is 0 Å². The number of hydrogen-bond acceptors (Lipinski definition) is 7. The van der Waals surface area contributed by atoms with E-state index >= 15 is 0 Å². The molecule has 0 radical (unpaired) electrons. The minimum Gasteiger partial charge on any atom is -0.503 e. The van der Waals surface area contributed by atoms with E-state index in [2.05, 4.69) is 0 Å². The number of benzene rings is 2. The number of amides is 1. The fourth-order valence-electron chi connectivity index (χ4n) is 4.02. The molecule has 2 heterocycles. The highest BCUT2D eigenvalue weighted by atomic mass is 16.6. The van der Waals surface area contributed by atoms with Gasteiger partial charge in [0, 0.05) is 24.1 Å². The standard InChI is InChI=1S/C24H23N3O6/c1-25(2)12-5-13-26-21(15-8-10-17(11-9-15)27(31)32)20(23(29)24(26)30)22(28)19-14-16-6-3-4-7-18(16)33-19/h3-4,6-11,14,21,29H,5,12-13H2,1-2H3/t21-/m0/s1. The van der Waals surface area contributed by atoms with Crippen molar-refractivity contribution < 1.29 is 24.0 Å². The van der Waals surface area contributed by atoms with Crippen LogP contribution in [-0.4, -0.2) is 58.7 Å². The van der Waals surface area contributed by atoms with Gasteiger partial charge in [0.1, 0.15) is 5.58 Å². The van der Waals surface area contributed by atoms with Gasteiger partial charge in [-0.2, -0.15) is 0 Å². The van der Waals surface area contributed by atoms with Crippen molar-refractivity contribution in [3.8, 4) is 0 Å². The number of carbonyl (C=O) groups is 2. The molecule has 4 rings (SSSR count). The highest BCUT2D eigenvalue weighted by molar-refractivity contribution is 6.16. The lowest BCUT2D eigenvalue weighted by Crippen LogP contribution is -2.33. The molecule has 3 aromatic rings. The minimum absolute atomic E-state index is 0.00704. The normalized spacial score (nSPS) is 16.3. The van der Waals surface area contributed by atoms with E-state index in [1.165, 1.54) is 29.2 Å². The van der Waals surface area contributed by atoms with Crippen molar-refractivity contribution in [3.05, 3.63) is 87.4 Å². The van der Waals surface area contributed by atoms with Crippen LogP contribution in [0.2, 0.25) is 0 Å². The first-order valence-electron chi connectivity index (χ1n) is 10.4.